The van der Waals surface area contributed by atoms with Gasteiger partial charge in [-0.2, -0.15) is 5.10 Å². The van der Waals surface area contributed by atoms with Crippen molar-refractivity contribution < 1.29 is 18.7 Å². The van der Waals surface area contributed by atoms with Crippen LogP contribution in [0.4, 0.5) is 9.18 Å². The molecule has 162 valence electrons. The zero-order chi connectivity index (χ0) is 22.6. The molecular weight excluding hydrogens is 401 g/mol. The molecule has 3 rings (SSSR count). The Kier molecular flexibility index (Phi) is 6.33. The van der Waals surface area contributed by atoms with Gasteiger partial charge in [0.1, 0.15) is 18.0 Å². The molecule has 0 bridgehead atoms. The average Bonchev–Trinajstić information content (AvgIpc) is 3.13. The van der Waals surface area contributed by atoms with Gasteiger partial charge in [-0.15, -0.1) is 0 Å². The molecule has 0 radical (unpaired) electrons. The Labute approximate surface area is 179 Å². The van der Waals surface area contributed by atoms with E-state index in [-0.39, 0.29) is 18.9 Å². The highest BCUT2D eigenvalue weighted by molar-refractivity contribution is 5.74. The van der Waals surface area contributed by atoms with Crippen LogP contribution in [0.3, 0.4) is 0 Å². The number of amides is 2. The van der Waals surface area contributed by atoms with Crippen LogP contribution in [0.25, 0.3) is 22.5 Å². The second-order valence-electron chi connectivity index (χ2n) is 7.95. The average molecular weight is 425 g/mol. The maximum Gasteiger partial charge on any atom is 0.407 e. The lowest BCUT2D eigenvalue weighted by Gasteiger charge is -2.20. The van der Waals surface area contributed by atoms with Gasteiger partial charge in [-0.05, 0) is 62.7 Å². The first-order valence-corrected chi connectivity index (χ1v) is 9.64. The van der Waals surface area contributed by atoms with Crippen molar-refractivity contribution >= 4 is 12.0 Å². The third-order valence-electron chi connectivity index (χ3n) is 4.18. The molecule has 3 N–H and O–H groups in total. The maximum atomic E-state index is 13.3. The third-order valence-corrected chi connectivity index (χ3v) is 4.18. The Morgan fingerprint density at radius 1 is 1.16 bits per heavy atom. The van der Waals surface area contributed by atoms with Crippen LogP contribution in [0, 0.1) is 5.82 Å². The highest BCUT2D eigenvalue weighted by Crippen LogP contribution is 2.27. The Balaban J connectivity index is 1.93. The number of benzene rings is 1. The molecule has 31 heavy (non-hydrogen) atoms. The summed E-state index contributed by atoms with van der Waals surface area (Å²) in [7, 11) is 0. The summed E-state index contributed by atoms with van der Waals surface area (Å²) in [6, 6.07) is 9.52. The van der Waals surface area contributed by atoms with E-state index < -0.39 is 17.6 Å². The summed E-state index contributed by atoms with van der Waals surface area (Å²) in [5.41, 5.74) is 7.94. The SMILES string of the molecule is CC(C)(C)OC(=O)NCc1cnc(-c2ccc(F)cc2)cc1-c1ccn(CC(N)=O)n1. The van der Waals surface area contributed by atoms with Crippen LogP contribution in [0.1, 0.15) is 26.3 Å². The van der Waals surface area contributed by atoms with E-state index in [0.717, 1.165) is 5.56 Å². The minimum Gasteiger partial charge on any atom is -0.444 e. The molecule has 0 aliphatic rings. The van der Waals surface area contributed by atoms with E-state index in [4.69, 9.17) is 10.5 Å². The number of aromatic nitrogens is 3. The minimum absolute atomic E-state index is 0.0542. The third kappa shape index (κ3) is 6.11. The number of hydrogen-bond donors (Lipinski definition) is 2. The first-order valence-electron chi connectivity index (χ1n) is 9.64. The zero-order valence-electron chi connectivity index (χ0n) is 17.6. The summed E-state index contributed by atoms with van der Waals surface area (Å²) >= 11 is 0. The van der Waals surface area contributed by atoms with E-state index in [0.29, 0.717) is 22.5 Å². The lowest BCUT2D eigenvalue weighted by atomic mass is 10.0. The van der Waals surface area contributed by atoms with Gasteiger partial charge in [0.25, 0.3) is 0 Å². The van der Waals surface area contributed by atoms with Crippen molar-refractivity contribution in [2.75, 3.05) is 0 Å². The van der Waals surface area contributed by atoms with Gasteiger partial charge in [0, 0.05) is 30.1 Å². The number of primary amides is 1. The van der Waals surface area contributed by atoms with Gasteiger partial charge in [0.05, 0.1) is 11.4 Å². The lowest BCUT2D eigenvalue weighted by Crippen LogP contribution is -2.32. The normalized spacial score (nSPS) is 11.2. The van der Waals surface area contributed by atoms with Crippen LogP contribution in [-0.2, 0) is 22.6 Å². The topological polar surface area (TPSA) is 112 Å². The molecule has 1 aromatic carbocycles. The Hall–Kier alpha value is -3.75. The number of pyridine rings is 1. The molecule has 0 unspecified atom stereocenters. The second-order valence-corrected chi connectivity index (χ2v) is 7.95. The second kappa shape index (κ2) is 8.95. The van der Waals surface area contributed by atoms with Crippen molar-refractivity contribution in [3.05, 3.63) is 60.2 Å². The van der Waals surface area contributed by atoms with Crippen LogP contribution in [0.2, 0.25) is 0 Å². The van der Waals surface area contributed by atoms with Crippen LogP contribution in [-0.4, -0.2) is 32.4 Å². The molecule has 9 heteroatoms. The van der Waals surface area contributed by atoms with E-state index in [1.165, 1.54) is 16.8 Å². The molecule has 2 heterocycles. The van der Waals surface area contributed by atoms with Crippen LogP contribution in [0.5, 0.6) is 0 Å². The number of alkyl carbamates (subject to hydrolysis) is 1. The lowest BCUT2D eigenvalue weighted by molar-refractivity contribution is -0.118. The number of nitrogens with two attached hydrogens (primary N) is 1. The fraction of sp³-hybridized carbons (Fsp3) is 0.273. The van der Waals surface area contributed by atoms with Gasteiger partial charge < -0.3 is 15.8 Å². The fourth-order valence-corrected chi connectivity index (χ4v) is 2.88. The summed E-state index contributed by atoms with van der Waals surface area (Å²) < 4.78 is 20.0. The number of nitrogens with one attached hydrogen (secondary N) is 1. The molecule has 2 amide bonds. The summed E-state index contributed by atoms with van der Waals surface area (Å²) in [5.74, 6) is -0.851. The predicted molar refractivity (Wildman–Crippen MR) is 113 cm³/mol. The largest absolute Gasteiger partial charge is 0.444 e. The molecule has 0 aliphatic heterocycles. The van der Waals surface area contributed by atoms with Crippen molar-refractivity contribution in [3.63, 3.8) is 0 Å². The minimum atomic E-state index is -0.620. The Morgan fingerprint density at radius 2 is 1.87 bits per heavy atom. The van der Waals surface area contributed by atoms with E-state index in [9.17, 15) is 14.0 Å². The zero-order valence-corrected chi connectivity index (χ0v) is 17.6. The molecule has 3 aromatic rings. The van der Waals surface area contributed by atoms with Crippen molar-refractivity contribution in [1.29, 1.82) is 0 Å². The van der Waals surface area contributed by atoms with E-state index in [1.807, 2.05) is 0 Å². The quantitative estimate of drug-likeness (QED) is 0.630. The van der Waals surface area contributed by atoms with Crippen LogP contribution < -0.4 is 11.1 Å². The number of carbonyl (C=O) groups excluding carboxylic acids is 2. The molecule has 2 aromatic heterocycles. The van der Waals surface area contributed by atoms with Gasteiger partial charge in [-0.25, -0.2) is 9.18 Å². The highest BCUT2D eigenvalue weighted by Gasteiger charge is 2.17. The first kappa shape index (κ1) is 21.9. The maximum absolute atomic E-state index is 13.3. The molecule has 0 aliphatic carbocycles. The van der Waals surface area contributed by atoms with E-state index >= 15 is 0 Å². The van der Waals surface area contributed by atoms with Crippen molar-refractivity contribution in [3.8, 4) is 22.5 Å². The summed E-state index contributed by atoms with van der Waals surface area (Å²) in [6.07, 6.45) is 2.71. The number of halogens is 1. The van der Waals surface area contributed by atoms with Gasteiger partial charge >= 0.3 is 6.09 Å². The number of ether oxygens (including phenoxy) is 1. The molecule has 0 fully saturated rings. The molecule has 0 saturated heterocycles. The van der Waals surface area contributed by atoms with E-state index in [2.05, 4.69) is 15.4 Å². The molecule has 0 saturated carbocycles. The fourth-order valence-electron chi connectivity index (χ4n) is 2.88. The molecule has 8 nitrogen and oxygen atoms in total. The van der Waals surface area contributed by atoms with Crippen molar-refractivity contribution in [2.24, 2.45) is 5.73 Å². The van der Waals surface area contributed by atoms with Crippen LogP contribution >= 0.6 is 0 Å². The van der Waals surface area contributed by atoms with Gasteiger partial charge in [-0.3, -0.25) is 14.5 Å². The van der Waals surface area contributed by atoms with Gasteiger partial charge in [0.2, 0.25) is 5.91 Å². The molecular formula is C22H24FN5O3. The number of nitrogens with zero attached hydrogens (tertiary/aromatic N) is 3. The van der Waals surface area contributed by atoms with Crippen molar-refractivity contribution in [1.82, 2.24) is 20.1 Å². The number of rotatable bonds is 6. The Bertz CT molecular complexity index is 1090. The summed E-state index contributed by atoms with van der Waals surface area (Å²) in [6.45, 7) is 5.44. The van der Waals surface area contributed by atoms with E-state index in [1.54, 1.807) is 57.4 Å². The first-order chi connectivity index (χ1) is 14.6. The van der Waals surface area contributed by atoms with Gasteiger partial charge in [0.15, 0.2) is 0 Å². The number of carbonyl (C=O) groups is 2. The van der Waals surface area contributed by atoms with Crippen LogP contribution in [0.15, 0.2) is 48.8 Å². The summed E-state index contributed by atoms with van der Waals surface area (Å²) in [4.78, 5) is 27.7. The smallest absolute Gasteiger partial charge is 0.407 e. The van der Waals surface area contributed by atoms with Gasteiger partial charge in [-0.1, -0.05) is 0 Å². The Morgan fingerprint density at radius 3 is 2.52 bits per heavy atom. The monoisotopic (exact) mass is 425 g/mol. The predicted octanol–water partition coefficient (Wildman–Crippen LogP) is 3.26. The molecule has 0 spiro atoms. The summed E-state index contributed by atoms with van der Waals surface area (Å²) in [5, 5.41) is 7.11. The molecule has 0 atom stereocenters. The number of hydrogen-bond acceptors (Lipinski definition) is 5. The standard InChI is InChI=1S/C22H24FN5O3/c1-22(2,3)31-21(30)26-12-15-11-25-19(14-4-6-16(23)7-5-14)10-17(15)18-8-9-28(27-18)13-20(24)29/h4-11H,12-13H2,1-3H3,(H2,24,29)(H,26,30). The van der Waals surface area contributed by atoms with Crippen molar-refractivity contribution in [2.45, 2.75) is 39.5 Å². The highest BCUT2D eigenvalue weighted by atomic mass is 19.1.